The summed E-state index contributed by atoms with van der Waals surface area (Å²) in [7, 11) is 0. The van der Waals surface area contributed by atoms with E-state index in [4.69, 9.17) is 16.3 Å². The average molecular weight is 352 g/mol. The summed E-state index contributed by atoms with van der Waals surface area (Å²) in [5.74, 6) is 1.27. The molecular formula is C17H16BrClO. The first-order valence-corrected chi connectivity index (χ1v) is 8.07. The van der Waals surface area contributed by atoms with Gasteiger partial charge in [-0.1, -0.05) is 40.2 Å². The molecule has 0 aromatic heterocycles. The van der Waals surface area contributed by atoms with Crippen LogP contribution in [-0.2, 0) is 6.42 Å². The van der Waals surface area contributed by atoms with Gasteiger partial charge in [-0.05, 0) is 42.7 Å². The van der Waals surface area contributed by atoms with Crippen molar-refractivity contribution in [2.45, 2.75) is 24.6 Å². The molecule has 0 aliphatic heterocycles. The molecule has 0 heterocycles. The molecule has 0 amide bonds. The normalized spacial score (nSPS) is 18.1. The third-order valence-corrected chi connectivity index (χ3v) is 4.85. The van der Waals surface area contributed by atoms with E-state index in [9.17, 15) is 0 Å². The molecule has 3 rings (SSSR count). The van der Waals surface area contributed by atoms with Crippen molar-refractivity contribution in [1.82, 2.24) is 0 Å². The zero-order valence-corrected chi connectivity index (χ0v) is 13.6. The van der Waals surface area contributed by atoms with Crippen molar-refractivity contribution in [3.63, 3.8) is 0 Å². The monoisotopic (exact) mass is 350 g/mol. The summed E-state index contributed by atoms with van der Waals surface area (Å²) < 4.78 is 6.75. The number of fused-ring (bicyclic) bond motifs is 1. The Hall–Kier alpha value is -0.990. The predicted molar refractivity (Wildman–Crippen MR) is 86.8 cm³/mol. The molecule has 0 saturated carbocycles. The molecule has 0 fully saturated rings. The highest BCUT2D eigenvalue weighted by Crippen LogP contribution is 2.49. The van der Waals surface area contributed by atoms with E-state index in [1.54, 1.807) is 0 Å². The van der Waals surface area contributed by atoms with E-state index in [0.717, 1.165) is 22.2 Å². The van der Waals surface area contributed by atoms with Gasteiger partial charge in [0, 0.05) is 16.0 Å². The third-order valence-electron chi connectivity index (χ3n) is 3.82. The number of hydrogen-bond acceptors (Lipinski definition) is 1. The highest BCUT2D eigenvalue weighted by Gasteiger charge is 2.33. The third kappa shape index (κ3) is 2.47. The van der Waals surface area contributed by atoms with Crippen LogP contribution in [0.5, 0.6) is 5.75 Å². The van der Waals surface area contributed by atoms with Crippen LogP contribution >= 0.6 is 27.5 Å². The van der Waals surface area contributed by atoms with Gasteiger partial charge in [0.2, 0.25) is 0 Å². The van der Waals surface area contributed by atoms with E-state index in [1.807, 2.05) is 19.1 Å². The van der Waals surface area contributed by atoms with E-state index >= 15 is 0 Å². The number of alkyl halides is 1. The molecule has 0 spiro atoms. The fourth-order valence-corrected chi connectivity index (χ4v) is 3.57. The zero-order chi connectivity index (χ0) is 14.1. The van der Waals surface area contributed by atoms with Crippen LogP contribution in [0.15, 0.2) is 46.9 Å². The Balaban J connectivity index is 1.92. The Morgan fingerprint density at radius 3 is 2.85 bits per heavy atom. The highest BCUT2D eigenvalue weighted by molar-refractivity contribution is 9.10. The first-order valence-electron chi connectivity index (χ1n) is 6.84. The largest absolute Gasteiger partial charge is 0.494 e. The smallest absolute Gasteiger partial charge is 0.124 e. The molecule has 2 unspecified atom stereocenters. The molecule has 0 bridgehead atoms. The molecule has 1 aliphatic carbocycles. The number of hydrogen-bond donors (Lipinski definition) is 0. The van der Waals surface area contributed by atoms with Crippen LogP contribution in [0.3, 0.4) is 0 Å². The van der Waals surface area contributed by atoms with Gasteiger partial charge >= 0.3 is 0 Å². The lowest BCUT2D eigenvalue weighted by Crippen LogP contribution is -2.21. The van der Waals surface area contributed by atoms with Crippen LogP contribution in [0, 0.1) is 0 Å². The molecule has 0 radical (unpaired) electrons. The van der Waals surface area contributed by atoms with Crippen LogP contribution in [0.25, 0.3) is 0 Å². The van der Waals surface area contributed by atoms with Gasteiger partial charge in [-0.25, -0.2) is 0 Å². The van der Waals surface area contributed by atoms with Gasteiger partial charge in [0.15, 0.2) is 0 Å². The van der Waals surface area contributed by atoms with Crippen LogP contribution in [0.4, 0.5) is 0 Å². The maximum Gasteiger partial charge on any atom is 0.124 e. The van der Waals surface area contributed by atoms with Gasteiger partial charge < -0.3 is 4.74 Å². The lowest BCUT2D eigenvalue weighted by Gasteiger charge is -2.34. The number of benzene rings is 2. The summed E-state index contributed by atoms with van der Waals surface area (Å²) >= 11 is 10.3. The standard InChI is InChI=1S/C17H16BrClO/c1-2-20-16-8-7-12(18)10-15(16)17(19)14-9-11-5-3-4-6-13(11)14/h3-8,10,14,17H,2,9H2,1H3. The molecule has 2 atom stereocenters. The maximum atomic E-state index is 6.75. The second kappa shape index (κ2) is 5.79. The van der Waals surface area contributed by atoms with E-state index in [-0.39, 0.29) is 5.38 Å². The van der Waals surface area contributed by atoms with Gasteiger partial charge in [-0.2, -0.15) is 0 Å². The summed E-state index contributed by atoms with van der Waals surface area (Å²) in [6, 6.07) is 14.6. The Morgan fingerprint density at radius 2 is 2.10 bits per heavy atom. The predicted octanol–water partition coefficient (Wildman–Crippen LogP) is 5.47. The number of halogens is 2. The molecule has 1 nitrogen and oxygen atoms in total. The highest BCUT2D eigenvalue weighted by atomic mass is 79.9. The summed E-state index contributed by atoms with van der Waals surface area (Å²) in [6.45, 7) is 2.65. The lowest BCUT2D eigenvalue weighted by molar-refractivity contribution is 0.334. The summed E-state index contributed by atoms with van der Waals surface area (Å²) in [5, 5.41) is -0.0519. The second-order valence-corrected chi connectivity index (χ2v) is 6.41. The average Bonchev–Trinajstić information content (AvgIpc) is 2.42. The molecular weight excluding hydrogens is 336 g/mol. The van der Waals surface area contributed by atoms with E-state index in [1.165, 1.54) is 11.1 Å². The minimum atomic E-state index is -0.0519. The molecule has 0 saturated heterocycles. The van der Waals surface area contributed by atoms with Crippen LogP contribution in [-0.4, -0.2) is 6.61 Å². The van der Waals surface area contributed by atoms with Crippen molar-refractivity contribution in [1.29, 1.82) is 0 Å². The molecule has 3 heteroatoms. The zero-order valence-electron chi connectivity index (χ0n) is 11.3. The summed E-state index contributed by atoms with van der Waals surface area (Å²) in [5.41, 5.74) is 3.86. The van der Waals surface area contributed by atoms with Gasteiger partial charge in [0.25, 0.3) is 0 Å². The van der Waals surface area contributed by atoms with E-state index in [2.05, 4.69) is 46.3 Å². The lowest BCUT2D eigenvalue weighted by atomic mass is 9.74. The van der Waals surface area contributed by atoms with Gasteiger partial charge in [-0.3, -0.25) is 0 Å². The van der Waals surface area contributed by atoms with E-state index in [0.29, 0.717) is 12.5 Å². The topological polar surface area (TPSA) is 9.23 Å². The van der Waals surface area contributed by atoms with Crippen molar-refractivity contribution < 1.29 is 4.74 Å². The maximum absolute atomic E-state index is 6.75. The van der Waals surface area contributed by atoms with Crippen molar-refractivity contribution in [2.75, 3.05) is 6.61 Å². The van der Waals surface area contributed by atoms with Crippen molar-refractivity contribution in [3.05, 3.63) is 63.6 Å². The Labute approximate surface area is 133 Å². The van der Waals surface area contributed by atoms with Crippen molar-refractivity contribution >= 4 is 27.5 Å². The fraction of sp³-hybridized carbons (Fsp3) is 0.294. The Morgan fingerprint density at radius 1 is 1.30 bits per heavy atom. The Bertz CT molecular complexity index is 626. The van der Waals surface area contributed by atoms with Gasteiger partial charge in [0.1, 0.15) is 5.75 Å². The fourth-order valence-electron chi connectivity index (χ4n) is 2.80. The van der Waals surface area contributed by atoms with Crippen molar-refractivity contribution in [2.24, 2.45) is 0 Å². The van der Waals surface area contributed by atoms with Crippen LogP contribution in [0.2, 0.25) is 0 Å². The SMILES string of the molecule is CCOc1ccc(Br)cc1C(Cl)C1Cc2ccccc21. The molecule has 2 aromatic rings. The molecule has 2 aromatic carbocycles. The first-order chi connectivity index (χ1) is 9.70. The van der Waals surface area contributed by atoms with Gasteiger partial charge in [0.05, 0.1) is 12.0 Å². The quantitative estimate of drug-likeness (QED) is 0.664. The second-order valence-electron chi connectivity index (χ2n) is 5.03. The van der Waals surface area contributed by atoms with Crippen LogP contribution < -0.4 is 4.74 Å². The van der Waals surface area contributed by atoms with Gasteiger partial charge in [-0.15, -0.1) is 11.6 Å². The minimum Gasteiger partial charge on any atom is -0.494 e. The van der Waals surface area contributed by atoms with Crippen molar-refractivity contribution in [3.8, 4) is 5.75 Å². The first kappa shape index (κ1) is 14.0. The number of ether oxygens (including phenoxy) is 1. The molecule has 104 valence electrons. The minimum absolute atomic E-state index is 0.0519. The molecule has 20 heavy (non-hydrogen) atoms. The van der Waals surface area contributed by atoms with Crippen LogP contribution in [0.1, 0.15) is 34.9 Å². The summed E-state index contributed by atoms with van der Waals surface area (Å²) in [6.07, 6.45) is 1.04. The molecule has 0 N–H and O–H groups in total. The Kier molecular flexibility index (Phi) is 4.04. The number of rotatable bonds is 4. The summed E-state index contributed by atoms with van der Waals surface area (Å²) in [4.78, 5) is 0. The van der Waals surface area contributed by atoms with E-state index < -0.39 is 0 Å². The molecule has 1 aliphatic rings.